The molecule has 0 saturated carbocycles. The van der Waals surface area contributed by atoms with Gasteiger partial charge in [-0.25, -0.2) is 0 Å². The van der Waals surface area contributed by atoms with Gasteiger partial charge in [-0.1, -0.05) is 64.1 Å². The van der Waals surface area contributed by atoms with Crippen LogP contribution in [0.4, 0.5) is 0 Å². The molecular formula is C33H48N2O6. The summed E-state index contributed by atoms with van der Waals surface area (Å²) in [6.45, 7) is 18.2. The Morgan fingerprint density at radius 2 is 1.85 bits per heavy atom. The Balaban J connectivity index is 1.91. The van der Waals surface area contributed by atoms with Crippen LogP contribution in [0.25, 0.3) is 0 Å². The fourth-order valence-corrected chi connectivity index (χ4v) is 8.20. The van der Waals surface area contributed by atoms with Gasteiger partial charge in [-0.05, 0) is 57.4 Å². The Morgan fingerprint density at radius 3 is 2.39 bits per heavy atom. The average Bonchev–Trinajstić information content (AvgIpc) is 3.51. The van der Waals surface area contributed by atoms with E-state index in [9.17, 15) is 14.7 Å². The van der Waals surface area contributed by atoms with Crippen LogP contribution >= 0.6 is 0 Å². The van der Waals surface area contributed by atoms with Crippen LogP contribution in [0.15, 0.2) is 43.0 Å². The second-order valence-corrected chi connectivity index (χ2v) is 13.7. The van der Waals surface area contributed by atoms with Crippen molar-refractivity contribution < 1.29 is 29.0 Å². The fourth-order valence-electron chi connectivity index (χ4n) is 8.20. The minimum absolute atomic E-state index is 0.0730. The molecule has 3 saturated heterocycles. The quantitative estimate of drug-likeness (QED) is 0.308. The topological polar surface area (TPSA) is 96.4 Å². The van der Waals surface area contributed by atoms with E-state index in [1.807, 2.05) is 51.1 Å². The Kier molecular flexibility index (Phi) is 8.51. The van der Waals surface area contributed by atoms with Gasteiger partial charge in [0.25, 0.3) is 0 Å². The molecule has 3 aliphatic heterocycles. The second-order valence-electron chi connectivity index (χ2n) is 13.7. The lowest BCUT2D eigenvalue weighted by atomic mass is 9.65. The molecule has 1 spiro atoms. The summed E-state index contributed by atoms with van der Waals surface area (Å²) >= 11 is 0. The summed E-state index contributed by atoms with van der Waals surface area (Å²) < 4.78 is 12.4. The monoisotopic (exact) mass is 568 g/mol. The van der Waals surface area contributed by atoms with E-state index in [4.69, 9.17) is 9.47 Å². The van der Waals surface area contributed by atoms with E-state index < -0.39 is 46.6 Å². The molecule has 1 aromatic carbocycles. The van der Waals surface area contributed by atoms with Gasteiger partial charge in [0, 0.05) is 12.1 Å². The molecule has 0 aliphatic carbocycles. The number of hydrogen-bond donors (Lipinski definition) is 1. The number of likely N-dealkylation sites (tertiary alicyclic amines) is 1. The van der Waals surface area contributed by atoms with Gasteiger partial charge in [0.2, 0.25) is 11.8 Å². The average molecular weight is 569 g/mol. The first-order chi connectivity index (χ1) is 19.2. The van der Waals surface area contributed by atoms with Gasteiger partial charge in [0.05, 0.1) is 30.8 Å². The molecule has 2 amide bonds. The molecule has 8 heteroatoms. The number of rotatable bonds is 11. The number of aliphatic hydroxyl groups excluding tert-OH is 1. The maximum absolute atomic E-state index is 15.0. The largest absolute Gasteiger partial charge is 0.466 e. The molecule has 3 aliphatic rings. The number of amides is 2. The Labute approximate surface area is 245 Å². The van der Waals surface area contributed by atoms with Crippen LogP contribution in [-0.2, 0) is 23.9 Å². The van der Waals surface area contributed by atoms with Gasteiger partial charge in [-0.15, -0.1) is 6.58 Å². The molecule has 3 fully saturated rings. The SMILES string of the molecule is C=CCN(C(=O)C1N([C@H](CO)c2ccccc2)C(=O)[C@@H]2[C@@H](C(=O)OCC)[C@@]3(CC)CCC12O3)C(C)(C)CC(C)(C)C. The maximum atomic E-state index is 15.0. The number of aliphatic hydroxyl groups is 1. The normalized spacial score (nSPS) is 29.8. The highest BCUT2D eigenvalue weighted by Gasteiger charge is 2.80. The van der Waals surface area contributed by atoms with Crippen molar-refractivity contribution in [2.45, 2.75) is 103 Å². The third kappa shape index (κ3) is 5.11. The predicted molar refractivity (Wildman–Crippen MR) is 157 cm³/mol. The number of ether oxygens (including phenoxy) is 2. The van der Waals surface area contributed by atoms with Gasteiger partial charge >= 0.3 is 5.97 Å². The standard InChI is InChI=1S/C33H48N2O6/c1-9-19-34(31(7,8)21-30(4,5)6)28(38)26-33-18-17-32(10-2,41-33)25(29(39)40-11-3)24(33)27(37)35(26)23(20-36)22-15-13-12-14-16-22/h9,12-16,23-26,36H,1,10-11,17-21H2,2-8H3/t23-,24+,25+,26?,32-,33?/m1/s1. The van der Waals surface area contributed by atoms with Crippen LogP contribution in [0.5, 0.6) is 0 Å². The molecule has 0 radical (unpaired) electrons. The molecular weight excluding hydrogens is 520 g/mol. The van der Waals surface area contributed by atoms with E-state index in [0.717, 1.165) is 0 Å². The van der Waals surface area contributed by atoms with E-state index in [2.05, 4.69) is 27.4 Å². The number of benzene rings is 1. The van der Waals surface area contributed by atoms with Crippen molar-refractivity contribution in [2.75, 3.05) is 19.8 Å². The highest BCUT2D eigenvalue weighted by atomic mass is 16.6. The zero-order valence-corrected chi connectivity index (χ0v) is 25.8. The minimum atomic E-state index is -1.21. The molecule has 8 nitrogen and oxygen atoms in total. The predicted octanol–water partition coefficient (Wildman–Crippen LogP) is 4.67. The molecule has 2 unspecified atom stereocenters. The fraction of sp³-hybridized carbons (Fsp3) is 0.667. The number of esters is 1. The molecule has 3 heterocycles. The Morgan fingerprint density at radius 1 is 1.20 bits per heavy atom. The van der Waals surface area contributed by atoms with E-state index >= 15 is 4.79 Å². The Hall–Kier alpha value is -2.71. The zero-order valence-electron chi connectivity index (χ0n) is 25.8. The van der Waals surface area contributed by atoms with Crippen molar-refractivity contribution in [3.63, 3.8) is 0 Å². The van der Waals surface area contributed by atoms with Gasteiger partial charge in [0.1, 0.15) is 17.6 Å². The minimum Gasteiger partial charge on any atom is -0.466 e. The summed E-state index contributed by atoms with van der Waals surface area (Å²) in [4.78, 5) is 46.5. The maximum Gasteiger partial charge on any atom is 0.312 e. The van der Waals surface area contributed by atoms with Crippen molar-refractivity contribution in [1.82, 2.24) is 9.80 Å². The van der Waals surface area contributed by atoms with Crippen molar-refractivity contribution in [3.05, 3.63) is 48.6 Å². The second kappa shape index (κ2) is 11.2. The molecule has 41 heavy (non-hydrogen) atoms. The molecule has 4 rings (SSSR count). The summed E-state index contributed by atoms with van der Waals surface area (Å²) in [5.74, 6) is -2.75. The van der Waals surface area contributed by atoms with E-state index in [1.165, 1.54) is 4.90 Å². The van der Waals surface area contributed by atoms with Gasteiger partial charge in [0.15, 0.2) is 0 Å². The van der Waals surface area contributed by atoms with Gasteiger partial charge < -0.3 is 24.4 Å². The first-order valence-corrected chi connectivity index (χ1v) is 15.0. The van der Waals surface area contributed by atoms with E-state index in [-0.39, 0.29) is 37.0 Å². The summed E-state index contributed by atoms with van der Waals surface area (Å²) in [5, 5.41) is 10.7. The highest BCUT2D eigenvalue weighted by molar-refractivity contribution is 5.99. The van der Waals surface area contributed by atoms with Crippen molar-refractivity contribution in [2.24, 2.45) is 17.3 Å². The van der Waals surface area contributed by atoms with E-state index in [1.54, 1.807) is 17.9 Å². The van der Waals surface area contributed by atoms with Crippen molar-refractivity contribution >= 4 is 17.8 Å². The van der Waals surface area contributed by atoms with Crippen molar-refractivity contribution in [3.8, 4) is 0 Å². The zero-order chi connectivity index (χ0) is 30.4. The van der Waals surface area contributed by atoms with Crippen molar-refractivity contribution in [1.29, 1.82) is 0 Å². The first kappa shape index (κ1) is 31.2. The van der Waals surface area contributed by atoms with Crippen LogP contribution in [0.2, 0.25) is 0 Å². The number of carbonyl (C=O) groups excluding carboxylic acids is 3. The number of carbonyl (C=O) groups is 3. The lowest BCUT2D eigenvalue weighted by molar-refractivity contribution is -0.165. The molecule has 2 bridgehead atoms. The van der Waals surface area contributed by atoms with Crippen LogP contribution in [0.1, 0.15) is 85.8 Å². The first-order valence-electron chi connectivity index (χ1n) is 15.0. The van der Waals surface area contributed by atoms with Gasteiger partial charge in [-0.3, -0.25) is 14.4 Å². The summed E-state index contributed by atoms with van der Waals surface area (Å²) in [6, 6.07) is 7.46. The number of nitrogens with zero attached hydrogens (tertiary/aromatic N) is 2. The lowest BCUT2D eigenvalue weighted by Crippen LogP contribution is -2.61. The highest BCUT2D eigenvalue weighted by Crippen LogP contribution is 2.65. The molecule has 6 atom stereocenters. The molecule has 226 valence electrons. The van der Waals surface area contributed by atoms with E-state index in [0.29, 0.717) is 31.2 Å². The third-order valence-corrected chi connectivity index (χ3v) is 9.36. The van der Waals surface area contributed by atoms with Crippen LogP contribution in [0, 0.1) is 17.3 Å². The molecule has 0 aromatic heterocycles. The summed E-state index contributed by atoms with van der Waals surface area (Å²) in [5.41, 5.74) is -2.01. The smallest absolute Gasteiger partial charge is 0.312 e. The van der Waals surface area contributed by atoms with Crippen LogP contribution < -0.4 is 0 Å². The van der Waals surface area contributed by atoms with Crippen LogP contribution in [0.3, 0.4) is 0 Å². The Bertz CT molecular complexity index is 1160. The molecule has 1 aromatic rings. The summed E-state index contributed by atoms with van der Waals surface area (Å²) in [7, 11) is 0. The third-order valence-electron chi connectivity index (χ3n) is 9.36. The number of hydrogen-bond acceptors (Lipinski definition) is 6. The lowest BCUT2D eigenvalue weighted by Gasteiger charge is -2.46. The molecule has 1 N–H and O–H groups in total. The summed E-state index contributed by atoms with van der Waals surface area (Å²) in [6.07, 6.45) is 3.97. The van der Waals surface area contributed by atoms with Crippen LogP contribution in [-0.4, -0.2) is 75.2 Å². The van der Waals surface area contributed by atoms with Gasteiger partial charge in [-0.2, -0.15) is 0 Å². The number of fused-ring (bicyclic) bond motifs is 1.